The van der Waals surface area contributed by atoms with Crippen molar-refractivity contribution in [2.45, 2.75) is 25.6 Å². The van der Waals surface area contributed by atoms with Gasteiger partial charge < -0.3 is 9.80 Å². The molecule has 2 aromatic rings. The third kappa shape index (κ3) is 3.61. The topological polar surface area (TPSA) is 36.4 Å². The third-order valence-corrected chi connectivity index (χ3v) is 5.81. The number of carbonyl (C=O) groups is 1. The Bertz CT molecular complexity index is 816. The summed E-state index contributed by atoms with van der Waals surface area (Å²) < 4.78 is 39.8. The van der Waals surface area contributed by atoms with E-state index in [1.54, 1.807) is 17.9 Å². The van der Waals surface area contributed by atoms with Crippen LogP contribution in [0.5, 0.6) is 0 Å². The molecule has 1 aliphatic rings. The zero-order valence-electron chi connectivity index (χ0n) is 14.8. The van der Waals surface area contributed by atoms with E-state index in [0.717, 1.165) is 23.8 Å². The summed E-state index contributed by atoms with van der Waals surface area (Å²) in [4.78, 5) is 21.3. The van der Waals surface area contributed by atoms with E-state index in [-0.39, 0.29) is 16.5 Å². The number of nitrogens with zero attached hydrogens (tertiary/aromatic N) is 3. The number of likely N-dealkylation sites (N-methyl/N-ethyl adjacent to an activating group) is 1. The van der Waals surface area contributed by atoms with Gasteiger partial charge in [-0.05, 0) is 33.5 Å². The van der Waals surface area contributed by atoms with Crippen molar-refractivity contribution >= 4 is 17.2 Å². The number of benzene rings is 1. The highest BCUT2D eigenvalue weighted by molar-refractivity contribution is 7.17. The fourth-order valence-corrected chi connectivity index (χ4v) is 4.19. The number of carbonyl (C=O) groups excluding carboxylic acids is 1. The van der Waals surface area contributed by atoms with Crippen LogP contribution in [0.15, 0.2) is 24.3 Å². The SMILES string of the molecule is Cc1nc(-c2ccccc2C(F)(F)F)sc1C(=O)N1CCC(N(C)C)C1. The zero-order chi connectivity index (χ0) is 19.1. The molecule has 1 atom stereocenters. The maximum absolute atomic E-state index is 13.3. The first-order valence-corrected chi connectivity index (χ1v) is 9.10. The van der Waals surface area contributed by atoms with Gasteiger partial charge in [-0.3, -0.25) is 4.79 Å². The molecule has 2 heterocycles. The van der Waals surface area contributed by atoms with E-state index in [9.17, 15) is 18.0 Å². The van der Waals surface area contributed by atoms with Crippen LogP contribution in [-0.2, 0) is 6.18 Å². The van der Waals surface area contributed by atoms with E-state index in [0.29, 0.717) is 29.7 Å². The van der Waals surface area contributed by atoms with E-state index in [1.807, 2.05) is 14.1 Å². The summed E-state index contributed by atoms with van der Waals surface area (Å²) in [7, 11) is 3.95. The second-order valence-corrected chi connectivity index (χ2v) is 7.63. The Morgan fingerprint density at radius 2 is 2.00 bits per heavy atom. The number of rotatable bonds is 3. The number of hydrogen-bond acceptors (Lipinski definition) is 4. The fourth-order valence-electron chi connectivity index (χ4n) is 3.12. The molecule has 1 fully saturated rings. The molecule has 1 aliphatic heterocycles. The van der Waals surface area contributed by atoms with Crippen molar-refractivity contribution in [2.24, 2.45) is 0 Å². The van der Waals surface area contributed by atoms with Gasteiger partial charge in [-0.2, -0.15) is 13.2 Å². The Morgan fingerprint density at radius 3 is 2.62 bits per heavy atom. The molecule has 1 amide bonds. The van der Waals surface area contributed by atoms with Gasteiger partial charge in [0, 0.05) is 24.7 Å². The molecular weight excluding hydrogens is 363 g/mol. The molecule has 0 bridgehead atoms. The lowest BCUT2D eigenvalue weighted by Gasteiger charge is -2.20. The van der Waals surface area contributed by atoms with Gasteiger partial charge in [0.15, 0.2) is 0 Å². The molecule has 26 heavy (non-hydrogen) atoms. The van der Waals surface area contributed by atoms with E-state index >= 15 is 0 Å². The highest BCUT2D eigenvalue weighted by atomic mass is 32.1. The summed E-state index contributed by atoms with van der Waals surface area (Å²) in [5, 5.41) is 0.224. The van der Waals surface area contributed by atoms with Crippen LogP contribution >= 0.6 is 11.3 Å². The maximum atomic E-state index is 13.3. The van der Waals surface area contributed by atoms with Crippen LogP contribution in [0.3, 0.4) is 0 Å². The van der Waals surface area contributed by atoms with Crippen LogP contribution in [0.2, 0.25) is 0 Å². The largest absolute Gasteiger partial charge is 0.417 e. The number of likely N-dealkylation sites (tertiary alicyclic amines) is 1. The normalized spacial score (nSPS) is 18.0. The lowest BCUT2D eigenvalue weighted by Crippen LogP contribution is -2.34. The molecule has 3 rings (SSSR count). The number of aromatic nitrogens is 1. The fraction of sp³-hybridized carbons (Fsp3) is 0.444. The monoisotopic (exact) mass is 383 g/mol. The van der Waals surface area contributed by atoms with Gasteiger partial charge in [0.2, 0.25) is 0 Å². The van der Waals surface area contributed by atoms with Gasteiger partial charge in [-0.1, -0.05) is 18.2 Å². The summed E-state index contributed by atoms with van der Waals surface area (Å²) in [6, 6.07) is 5.64. The van der Waals surface area contributed by atoms with Gasteiger partial charge in [-0.25, -0.2) is 4.98 Å². The molecule has 1 unspecified atom stereocenters. The van der Waals surface area contributed by atoms with Crippen molar-refractivity contribution in [1.82, 2.24) is 14.8 Å². The Labute approximate surface area is 154 Å². The minimum Gasteiger partial charge on any atom is -0.336 e. The van der Waals surface area contributed by atoms with E-state index in [1.165, 1.54) is 12.1 Å². The second-order valence-electron chi connectivity index (χ2n) is 6.63. The minimum absolute atomic E-state index is 0.0136. The second kappa shape index (κ2) is 7.00. The van der Waals surface area contributed by atoms with Crippen molar-refractivity contribution in [3.05, 3.63) is 40.4 Å². The number of aryl methyl sites for hydroxylation is 1. The Balaban J connectivity index is 1.91. The van der Waals surface area contributed by atoms with Crippen LogP contribution in [-0.4, -0.2) is 53.9 Å². The van der Waals surface area contributed by atoms with E-state index in [4.69, 9.17) is 0 Å². The molecule has 1 aromatic carbocycles. The highest BCUT2D eigenvalue weighted by Crippen LogP contribution is 2.39. The molecular formula is C18H20F3N3OS. The van der Waals surface area contributed by atoms with Crippen molar-refractivity contribution in [3.8, 4) is 10.6 Å². The Kier molecular flexibility index (Phi) is 5.07. The average molecular weight is 383 g/mol. The zero-order valence-corrected chi connectivity index (χ0v) is 15.6. The molecule has 140 valence electrons. The van der Waals surface area contributed by atoms with Crippen molar-refractivity contribution in [2.75, 3.05) is 27.2 Å². The third-order valence-electron chi connectivity index (χ3n) is 4.63. The van der Waals surface area contributed by atoms with Crippen molar-refractivity contribution in [3.63, 3.8) is 0 Å². The van der Waals surface area contributed by atoms with Crippen LogP contribution < -0.4 is 0 Å². The first-order valence-electron chi connectivity index (χ1n) is 8.28. The van der Waals surface area contributed by atoms with Crippen molar-refractivity contribution in [1.29, 1.82) is 0 Å². The summed E-state index contributed by atoms with van der Waals surface area (Å²) in [6.45, 7) is 2.94. The van der Waals surface area contributed by atoms with Crippen LogP contribution in [0, 0.1) is 6.92 Å². The van der Waals surface area contributed by atoms with Gasteiger partial charge in [0.25, 0.3) is 5.91 Å². The number of alkyl halides is 3. The molecule has 0 spiro atoms. The molecule has 1 aromatic heterocycles. The molecule has 4 nitrogen and oxygen atoms in total. The molecule has 0 radical (unpaired) electrons. The van der Waals surface area contributed by atoms with Crippen molar-refractivity contribution < 1.29 is 18.0 Å². The van der Waals surface area contributed by atoms with E-state index < -0.39 is 11.7 Å². The predicted octanol–water partition coefficient (Wildman–Crippen LogP) is 3.91. The van der Waals surface area contributed by atoms with E-state index in [2.05, 4.69) is 9.88 Å². The van der Waals surface area contributed by atoms with Gasteiger partial charge in [0.1, 0.15) is 9.88 Å². The maximum Gasteiger partial charge on any atom is 0.417 e. The molecule has 0 saturated carbocycles. The van der Waals surface area contributed by atoms with Crippen LogP contribution in [0.1, 0.15) is 27.3 Å². The number of thiazole rings is 1. The first kappa shape index (κ1) is 18.8. The smallest absolute Gasteiger partial charge is 0.336 e. The van der Waals surface area contributed by atoms with Crippen LogP contribution in [0.4, 0.5) is 13.2 Å². The van der Waals surface area contributed by atoms with Gasteiger partial charge in [0.05, 0.1) is 11.3 Å². The standard InChI is InChI=1S/C18H20F3N3OS/c1-11-15(17(25)24-9-8-12(10-24)23(2)3)26-16(22-11)13-6-4-5-7-14(13)18(19,20)21/h4-7,12H,8-10H2,1-3H3. The molecule has 8 heteroatoms. The minimum atomic E-state index is -4.46. The summed E-state index contributed by atoms with van der Waals surface area (Å²) in [6.07, 6.45) is -3.57. The quantitative estimate of drug-likeness (QED) is 0.806. The summed E-state index contributed by atoms with van der Waals surface area (Å²) >= 11 is 1.03. The summed E-state index contributed by atoms with van der Waals surface area (Å²) in [5.74, 6) is -0.153. The molecule has 0 aliphatic carbocycles. The average Bonchev–Trinajstić information content (AvgIpc) is 3.20. The lowest BCUT2D eigenvalue weighted by atomic mass is 10.1. The molecule has 0 N–H and O–H groups in total. The van der Waals surface area contributed by atoms with Gasteiger partial charge >= 0.3 is 6.18 Å². The number of halogens is 3. The highest BCUT2D eigenvalue weighted by Gasteiger charge is 2.35. The number of hydrogen-bond donors (Lipinski definition) is 0. The molecule has 1 saturated heterocycles. The Morgan fingerprint density at radius 1 is 1.31 bits per heavy atom. The Hall–Kier alpha value is -1.93. The first-order chi connectivity index (χ1) is 12.2. The number of amides is 1. The summed E-state index contributed by atoms with van der Waals surface area (Å²) in [5.41, 5.74) is -0.249. The lowest BCUT2D eigenvalue weighted by molar-refractivity contribution is -0.137. The van der Waals surface area contributed by atoms with Gasteiger partial charge in [-0.15, -0.1) is 11.3 Å². The predicted molar refractivity (Wildman–Crippen MR) is 95.3 cm³/mol. The van der Waals surface area contributed by atoms with Crippen LogP contribution in [0.25, 0.3) is 10.6 Å².